The fourth-order valence-electron chi connectivity index (χ4n) is 6.51. The Bertz CT molecular complexity index is 1010. The van der Waals surface area contributed by atoms with Crippen LogP contribution >= 0.6 is 0 Å². The normalized spacial score (nSPS) is 29.2. The van der Waals surface area contributed by atoms with Gasteiger partial charge in [0, 0.05) is 58.6 Å². The molecule has 0 N–H and O–H groups in total. The minimum Gasteiger partial charge on any atom is -0.379 e. The molecule has 8 heteroatoms. The Balaban J connectivity index is 1.24. The predicted molar refractivity (Wildman–Crippen MR) is 143 cm³/mol. The number of hydrogen-bond donors (Lipinski definition) is 0. The van der Waals surface area contributed by atoms with Crippen molar-refractivity contribution in [3.8, 4) is 0 Å². The van der Waals surface area contributed by atoms with Crippen molar-refractivity contribution >= 4 is 5.84 Å². The molecule has 6 rings (SSSR count). The van der Waals surface area contributed by atoms with Crippen LogP contribution in [-0.2, 0) is 11.2 Å². The first-order valence-electron chi connectivity index (χ1n) is 13.8. The lowest BCUT2D eigenvalue weighted by molar-refractivity contribution is 0.0256. The van der Waals surface area contributed by atoms with Crippen molar-refractivity contribution in [2.24, 2.45) is 4.99 Å². The van der Waals surface area contributed by atoms with Crippen LogP contribution < -0.4 is 0 Å². The van der Waals surface area contributed by atoms with Crippen LogP contribution in [-0.4, -0.2) is 127 Å². The van der Waals surface area contributed by atoms with Gasteiger partial charge in [0.15, 0.2) is 0 Å². The molecule has 0 saturated carbocycles. The van der Waals surface area contributed by atoms with E-state index in [0.717, 1.165) is 77.8 Å². The fourth-order valence-corrected chi connectivity index (χ4v) is 6.51. The van der Waals surface area contributed by atoms with Gasteiger partial charge in [0.1, 0.15) is 11.7 Å². The van der Waals surface area contributed by atoms with Crippen LogP contribution in [0.15, 0.2) is 47.4 Å². The third kappa shape index (κ3) is 4.84. The first-order valence-corrected chi connectivity index (χ1v) is 13.8. The number of rotatable bonds is 6. The van der Waals surface area contributed by atoms with Crippen LogP contribution in [0.5, 0.6) is 0 Å². The summed E-state index contributed by atoms with van der Waals surface area (Å²) in [6.07, 6.45) is 12.2. The smallest absolute Gasteiger partial charge is 0.129 e. The van der Waals surface area contributed by atoms with E-state index in [9.17, 15) is 0 Å². The van der Waals surface area contributed by atoms with E-state index in [1.165, 1.54) is 29.9 Å². The molecular weight excluding hydrogens is 450 g/mol. The van der Waals surface area contributed by atoms with Gasteiger partial charge in [-0.1, -0.05) is 12.1 Å². The second-order valence-corrected chi connectivity index (χ2v) is 11.0. The molecule has 0 spiro atoms. The summed E-state index contributed by atoms with van der Waals surface area (Å²) in [6, 6.07) is 5.26. The van der Waals surface area contributed by atoms with Crippen molar-refractivity contribution in [2.75, 3.05) is 79.7 Å². The van der Waals surface area contributed by atoms with Crippen molar-refractivity contribution < 1.29 is 4.74 Å². The van der Waals surface area contributed by atoms with E-state index < -0.39 is 0 Å². The summed E-state index contributed by atoms with van der Waals surface area (Å²) in [5.41, 5.74) is 2.70. The van der Waals surface area contributed by atoms with Crippen molar-refractivity contribution in [1.29, 1.82) is 0 Å². The maximum atomic E-state index is 5.67. The van der Waals surface area contributed by atoms with Crippen LogP contribution in [0.4, 0.5) is 0 Å². The number of nitrogens with zero attached hydrogens (tertiary/aromatic N) is 7. The van der Waals surface area contributed by atoms with E-state index in [1.807, 2.05) is 6.20 Å². The number of aryl methyl sites for hydroxylation is 1. The topological polar surface area (TPSA) is 50.7 Å². The number of aromatic nitrogens is 1. The standard InChI is InChI=1S/C28H41N7O/c1-31-12-14-34(15-13-31)27-10-4-9-26-30-23(25(35(26)27)21-33-16-18-36-19-17-33)20-32(2)24-8-3-6-22-7-5-11-29-28(22)24/h4-5,7,9-11,23-25H,3,6,8,12-21H2,1-2H3/t23?,24-,25?/m0/s1. The molecule has 2 fully saturated rings. The first kappa shape index (κ1) is 24.1. The molecular formula is C28H41N7O. The molecule has 194 valence electrons. The molecule has 3 atom stereocenters. The summed E-state index contributed by atoms with van der Waals surface area (Å²) in [7, 11) is 4.51. The molecule has 1 aromatic rings. The van der Waals surface area contributed by atoms with Gasteiger partial charge in [-0.2, -0.15) is 0 Å². The Morgan fingerprint density at radius 2 is 1.94 bits per heavy atom. The third-order valence-corrected chi connectivity index (χ3v) is 8.61. The zero-order valence-electron chi connectivity index (χ0n) is 21.9. The van der Waals surface area contributed by atoms with Gasteiger partial charge in [0.2, 0.25) is 0 Å². The number of amidine groups is 1. The molecule has 0 amide bonds. The highest BCUT2D eigenvalue weighted by Crippen LogP contribution is 2.35. The zero-order valence-corrected chi connectivity index (χ0v) is 21.9. The molecule has 5 aliphatic rings. The predicted octanol–water partition coefficient (Wildman–Crippen LogP) is 1.83. The summed E-state index contributed by atoms with van der Waals surface area (Å²) in [6.45, 7) is 9.99. The number of hydrogen-bond acceptors (Lipinski definition) is 8. The Hall–Kier alpha value is -2.26. The SMILES string of the molecule is CN1CCN(C2=CC=CC3=NC(CN(C)[C@H]4CCCc5cccnc54)C(CN4CCOCC4)N23)CC1. The molecule has 0 bridgehead atoms. The van der Waals surface area contributed by atoms with Gasteiger partial charge >= 0.3 is 0 Å². The van der Waals surface area contributed by atoms with Crippen molar-refractivity contribution in [3.05, 3.63) is 53.6 Å². The van der Waals surface area contributed by atoms with E-state index in [-0.39, 0.29) is 6.04 Å². The molecule has 36 heavy (non-hydrogen) atoms. The van der Waals surface area contributed by atoms with E-state index >= 15 is 0 Å². The molecule has 2 unspecified atom stereocenters. The van der Waals surface area contributed by atoms with Gasteiger partial charge in [-0.05, 0) is 57.1 Å². The van der Waals surface area contributed by atoms with Gasteiger partial charge in [-0.25, -0.2) is 0 Å². The second-order valence-electron chi connectivity index (χ2n) is 11.0. The van der Waals surface area contributed by atoms with Crippen LogP contribution in [0.2, 0.25) is 0 Å². The van der Waals surface area contributed by atoms with Gasteiger partial charge < -0.3 is 19.4 Å². The van der Waals surface area contributed by atoms with Crippen molar-refractivity contribution in [1.82, 2.24) is 29.5 Å². The number of allylic oxidation sites excluding steroid dienone is 2. The number of ether oxygens (including phenoxy) is 1. The zero-order chi connectivity index (χ0) is 24.5. The summed E-state index contributed by atoms with van der Waals surface area (Å²) in [4.78, 5) is 22.9. The van der Waals surface area contributed by atoms with Crippen LogP contribution in [0.1, 0.15) is 30.1 Å². The summed E-state index contributed by atoms with van der Waals surface area (Å²) < 4.78 is 5.67. The summed E-state index contributed by atoms with van der Waals surface area (Å²) in [5, 5.41) is 0. The molecule has 4 aliphatic heterocycles. The lowest BCUT2D eigenvalue weighted by Crippen LogP contribution is -2.55. The summed E-state index contributed by atoms with van der Waals surface area (Å²) >= 11 is 0. The molecule has 5 heterocycles. The highest BCUT2D eigenvalue weighted by Gasteiger charge is 2.42. The van der Waals surface area contributed by atoms with Crippen LogP contribution in [0.25, 0.3) is 0 Å². The molecule has 1 aromatic heterocycles. The molecule has 2 saturated heterocycles. The van der Waals surface area contributed by atoms with E-state index in [1.54, 1.807) is 0 Å². The fraction of sp³-hybridized carbons (Fsp3) is 0.643. The van der Waals surface area contributed by atoms with Gasteiger partial charge in [-0.15, -0.1) is 0 Å². The number of likely N-dealkylation sites (N-methyl/N-ethyl adjacent to an activating group) is 2. The minimum atomic E-state index is 0.223. The average molecular weight is 492 g/mol. The Morgan fingerprint density at radius 1 is 1.11 bits per heavy atom. The van der Waals surface area contributed by atoms with Crippen molar-refractivity contribution in [2.45, 2.75) is 37.4 Å². The summed E-state index contributed by atoms with van der Waals surface area (Å²) in [5.74, 6) is 2.46. The minimum absolute atomic E-state index is 0.223. The highest BCUT2D eigenvalue weighted by atomic mass is 16.5. The van der Waals surface area contributed by atoms with Crippen molar-refractivity contribution in [3.63, 3.8) is 0 Å². The van der Waals surface area contributed by atoms with E-state index in [2.05, 4.69) is 69.0 Å². The Morgan fingerprint density at radius 3 is 2.78 bits per heavy atom. The van der Waals surface area contributed by atoms with Crippen LogP contribution in [0.3, 0.4) is 0 Å². The third-order valence-electron chi connectivity index (χ3n) is 8.61. The maximum Gasteiger partial charge on any atom is 0.129 e. The van der Waals surface area contributed by atoms with Gasteiger partial charge in [0.05, 0.1) is 37.0 Å². The van der Waals surface area contributed by atoms with Gasteiger partial charge in [-0.3, -0.25) is 19.8 Å². The molecule has 0 radical (unpaired) electrons. The molecule has 0 aromatic carbocycles. The monoisotopic (exact) mass is 491 g/mol. The number of fused-ring (bicyclic) bond motifs is 2. The first-order chi connectivity index (χ1) is 17.7. The maximum absolute atomic E-state index is 5.67. The molecule has 8 nitrogen and oxygen atoms in total. The van der Waals surface area contributed by atoms with Crippen LogP contribution in [0, 0.1) is 0 Å². The number of aliphatic imine (C=N–C) groups is 1. The van der Waals surface area contributed by atoms with Gasteiger partial charge in [0.25, 0.3) is 0 Å². The second kappa shape index (κ2) is 10.6. The average Bonchev–Trinajstić information content (AvgIpc) is 3.26. The Labute approximate surface area is 215 Å². The molecule has 1 aliphatic carbocycles. The largest absolute Gasteiger partial charge is 0.379 e. The lowest BCUT2D eigenvalue weighted by Gasteiger charge is -2.44. The Kier molecular flexibility index (Phi) is 7.11. The number of pyridine rings is 1. The van der Waals surface area contributed by atoms with E-state index in [4.69, 9.17) is 14.7 Å². The number of piperazine rings is 1. The highest BCUT2D eigenvalue weighted by molar-refractivity contribution is 5.97. The number of morpholine rings is 1. The van der Waals surface area contributed by atoms with E-state index in [0.29, 0.717) is 12.1 Å². The lowest BCUT2D eigenvalue weighted by atomic mass is 9.90. The quantitative estimate of drug-likeness (QED) is 0.602.